The highest BCUT2D eigenvalue weighted by Crippen LogP contribution is 2.43. The van der Waals surface area contributed by atoms with Gasteiger partial charge in [0.25, 0.3) is 0 Å². The molecule has 0 aliphatic carbocycles. The summed E-state index contributed by atoms with van der Waals surface area (Å²) in [7, 11) is 0. The number of furan rings is 1. The number of thiophene rings is 1. The second-order valence-corrected chi connectivity index (χ2v) is 14.8. The minimum Gasteiger partial charge on any atom is -0.454 e. The SMILES string of the molecule is c1ccc(-n2c3ccccc3c3cc(-c4ccc5c(c4)c4ccccc4n5-c4ccc5c(c4)oc4c5ccc5c6ccccc6sc54)ccc32)cc1. The van der Waals surface area contributed by atoms with E-state index in [-0.39, 0.29) is 0 Å². The summed E-state index contributed by atoms with van der Waals surface area (Å²) in [6.45, 7) is 0. The molecule has 0 aliphatic rings. The van der Waals surface area contributed by atoms with Gasteiger partial charge in [0.05, 0.1) is 26.8 Å². The summed E-state index contributed by atoms with van der Waals surface area (Å²) in [5.74, 6) is 0. The Hall–Kier alpha value is -6.62. The molecule has 4 aromatic heterocycles. The molecular formula is C48H28N2OS. The Balaban J connectivity index is 1.03. The van der Waals surface area contributed by atoms with Gasteiger partial charge in [-0.3, -0.25) is 0 Å². The Kier molecular flexibility index (Phi) is 5.65. The second kappa shape index (κ2) is 10.5. The summed E-state index contributed by atoms with van der Waals surface area (Å²) in [5, 5.41) is 9.83. The number of rotatable bonds is 3. The van der Waals surface area contributed by atoms with Gasteiger partial charge in [-0.25, -0.2) is 0 Å². The van der Waals surface area contributed by atoms with Gasteiger partial charge >= 0.3 is 0 Å². The second-order valence-electron chi connectivity index (χ2n) is 13.7. The van der Waals surface area contributed by atoms with Crippen molar-refractivity contribution in [3.63, 3.8) is 0 Å². The zero-order chi connectivity index (χ0) is 33.9. The number of hydrogen-bond donors (Lipinski definition) is 0. The van der Waals surface area contributed by atoms with E-state index in [2.05, 4.69) is 179 Å². The van der Waals surface area contributed by atoms with E-state index in [0.29, 0.717) is 0 Å². The highest BCUT2D eigenvalue weighted by molar-refractivity contribution is 7.26. The van der Waals surface area contributed by atoms with Crippen LogP contribution in [0.1, 0.15) is 0 Å². The Labute approximate surface area is 301 Å². The third-order valence-corrected chi connectivity index (χ3v) is 12.1. The van der Waals surface area contributed by atoms with E-state index < -0.39 is 0 Å². The molecule has 4 heteroatoms. The van der Waals surface area contributed by atoms with Crippen LogP contribution in [0.3, 0.4) is 0 Å². The van der Waals surface area contributed by atoms with Crippen LogP contribution in [0.25, 0.3) is 108 Å². The molecule has 0 bridgehead atoms. The first kappa shape index (κ1) is 28.1. The van der Waals surface area contributed by atoms with E-state index in [0.717, 1.165) is 27.6 Å². The van der Waals surface area contributed by atoms with Gasteiger partial charge in [0.2, 0.25) is 0 Å². The summed E-state index contributed by atoms with van der Waals surface area (Å²) in [4.78, 5) is 0. The summed E-state index contributed by atoms with van der Waals surface area (Å²) in [6, 6.07) is 61.7. The smallest absolute Gasteiger partial charge is 0.153 e. The molecule has 0 atom stereocenters. The van der Waals surface area contributed by atoms with Crippen LogP contribution in [0, 0.1) is 0 Å². The van der Waals surface area contributed by atoms with Gasteiger partial charge in [0.1, 0.15) is 5.58 Å². The van der Waals surface area contributed by atoms with E-state index in [1.165, 1.54) is 80.6 Å². The predicted molar refractivity (Wildman–Crippen MR) is 221 cm³/mol. The molecule has 0 fully saturated rings. The molecule has 242 valence electrons. The van der Waals surface area contributed by atoms with Gasteiger partial charge in [-0.15, -0.1) is 11.3 Å². The van der Waals surface area contributed by atoms with Crippen LogP contribution in [0.15, 0.2) is 174 Å². The van der Waals surface area contributed by atoms with Crippen molar-refractivity contribution in [2.75, 3.05) is 0 Å². The van der Waals surface area contributed by atoms with E-state index >= 15 is 0 Å². The minimum atomic E-state index is 0.906. The Morgan fingerprint density at radius 2 is 0.923 bits per heavy atom. The van der Waals surface area contributed by atoms with Crippen molar-refractivity contribution in [1.82, 2.24) is 9.13 Å². The molecule has 12 rings (SSSR count). The fourth-order valence-electron chi connectivity index (χ4n) is 8.58. The molecule has 0 saturated carbocycles. The largest absolute Gasteiger partial charge is 0.454 e. The third-order valence-electron chi connectivity index (χ3n) is 10.9. The molecule has 4 heterocycles. The summed E-state index contributed by atoms with van der Waals surface area (Å²) in [5.41, 5.74) is 11.3. The molecule has 0 unspecified atom stereocenters. The maximum Gasteiger partial charge on any atom is 0.153 e. The van der Waals surface area contributed by atoms with Crippen molar-refractivity contribution in [1.29, 1.82) is 0 Å². The van der Waals surface area contributed by atoms with Crippen LogP contribution in [0.5, 0.6) is 0 Å². The average Bonchev–Trinajstić information content (AvgIpc) is 3.95. The first-order valence-electron chi connectivity index (χ1n) is 17.7. The predicted octanol–water partition coefficient (Wildman–Crippen LogP) is 13.8. The molecule has 0 amide bonds. The Morgan fingerprint density at radius 3 is 1.63 bits per heavy atom. The molecule has 0 spiro atoms. The van der Waals surface area contributed by atoms with Crippen LogP contribution in [0.2, 0.25) is 0 Å². The van der Waals surface area contributed by atoms with Crippen molar-refractivity contribution in [3.05, 3.63) is 170 Å². The lowest BCUT2D eigenvalue weighted by atomic mass is 10.0. The highest BCUT2D eigenvalue weighted by Gasteiger charge is 2.18. The van der Waals surface area contributed by atoms with Gasteiger partial charge in [0, 0.05) is 65.2 Å². The average molecular weight is 681 g/mol. The van der Waals surface area contributed by atoms with E-state index in [1.807, 2.05) is 11.3 Å². The van der Waals surface area contributed by atoms with E-state index in [1.54, 1.807) is 0 Å². The van der Waals surface area contributed by atoms with Crippen LogP contribution < -0.4 is 0 Å². The van der Waals surface area contributed by atoms with Gasteiger partial charge in [-0.1, -0.05) is 91.0 Å². The molecule has 12 aromatic rings. The fraction of sp³-hybridized carbons (Fsp3) is 0. The first-order chi connectivity index (χ1) is 25.8. The molecule has 0 saturated heterocycles. The number of aromatic nitrogens is 2. The van der Waals surface area contributed by atoms with Crippen LogP contribution in [-0.2, 0) is 0 Å². The number of nitrogens with zero attached hydrogens (tertiary/aromatic N) is 2. The first-order valence-corrected chi connectivity index (χ1v) is 18.5. The molecule has 8 aromatic carbocycles. The van der Waals surface area contributed by atoms with Crippen molar-refractivity contribution in [2.45, 2.75) is 0 Å². The molecule has 52 heavy (non-hydrogen) atoms. The molecule has 0 aliphatic heterocycles. The fourth-order valence-corrected chi connectivity index (χ4v) is 9.77. The zero-order valence-electron chi connectivity index (χ0n) is 27.9. The van der Waals surface area contributed by atoms with Crippen molar-refractivity contribution < 1.29 is 4.42 Å². The molecule has 0 N–H and O–H groups in total. The summed E-state index contributed by atoms with van der Waals surface area (Å²) >= 11 is 1.81. The van der Waals surface area contributed by atoms with Gasteiger partial charge < -0.3 is 13.6 Å². The monoisotopic (exact) mass is 680 g/mol. The lowest BCUT2D eigenvalue weighted by Gasteiger charge is -2.09. The zero-order valence-corrected chi connectivity index (χ0v) is 28.7. The van der Waals surface area contributed by atoms with Crippen molar-refractivity contribution >= 4 is 97.1 Å². The Bertz CT molecular complexity index is 3410. The molecular weight excluding hydrogens is 653 g/mol. The standard InChI is InChI=1S/C48H28N2OS/c1-2-10-31(11-3-1)49-41-15-7-4-12-33(41)39-26-29(18-24-43(39)49)30-19-25-44-40(27-30)34-13-5-8-16-42(34)50(44)32-20-21-35-37-22-23-38-36-14-6-9-17-46(36)52-48(38)47(37)51-45(35)28-32/h1-28H. The number of hydrogen-bond acceptors (Lipinski definition) is 2. The van der Waals surface area contributed by atoms with Crippen LogP contribution in [0.4, 0.5) is 0 Å². The van der Waals surface area contributed by atoms with Gasteiger partial charge in [-0.05, 0) is 83.9 Å². The molecule has 3 nitrogen and oxygen atoms in total. The lowest BCUT2D eigenvalue weighted by molar-refractivity contribution is 0.673. The quantitative estimate of drug-likeness (QED) is 0.182. The topological polar surface area (TPSA) is 23.0 Å². The summed E-state index contributed by atoms with van der Waals surface area (Å²) < 4.78 is 14.0. The van der Waals surface area contributed by atoms with Gasteiger partial charge in [-0.2, -0.15) is 0 Å². The minimum absolute atomic E-state index is 0.906. The lowest BCUT2D eigenvalue weighted by Crippen LogP contribution is -1.93. The highest BCUT2D eigenvalue weighted by atomic mass is 32.1. The van der Waals surface area contributed by atoms with E-state index in [4.69, 9.17) is 4.42 Å². The van der Waals surface area contributed by atoms with Crippen molar-refractivity contribution in [2.24, 2.45) is 0 Å². The van der Waals surface area contributed by atoms with E-state index in [9.17, 15) is 0 Å². The number of fused-ring (bicyclic) bond motifs is 13. The summed E-state index contributed by atoms with van der Waals surface area (Å²) in [6.07, 6.45) is 0. The molecule has 0 radical (unpaired) electrons. The van der Waals surface area contributed by atoms with Crippen molar-refractivity contribution in [3.8, 4) is 22.5 Å². The maximum atomic E-state index is 6.73. The number of benzene rings is 8. The third kappa shape index (κ3) is 3.84. The van der Waals surface area contributed by atoms with Crippen LogP contribution in [-0.4, -0.2) is 9.13 Å². The number of para-hydroxylation sites is 3. The Morgan fingerprint density at radius 1 is 0.365 bits per heavy atom. The maximum absolute atomic E-state index is 6.73. The van der Waals surface area contributed by atoms with Gasteiger partial charge in [0.15, 0.2) is 5.58 Å². The normalized spacial score (nSPS) is 12.2. The van der Waals surface area contributed by atoms with Crippen LogP contribution >= 0.6 is 11.3 Å².